The minimum absolute atomic E-state index is 0.223. The van der Waals surface area contributed by atoms with Crippen molar-refractivity contribution in [2.75, 3.05) is 0 Å². The van der Waals surface area contributed by atoms with Crippen molar-refractivity contribution in [1.29, 1.82) is 0 Å². The summed E-state index contributed by atoms with van der Waals surface area (Å²) in [7, 11) is 0. The zero-order valence-corrected chi connectivity index (χ0v) is 12.4. The Morgan fingerprint density at radius 3 is 2.68 bits per heavy atom. The minimum Gasteiger partial charge on any atom is -0.207 e. The summed E-state index contributed by atoms with van der Waals surface area (Å²) in [6, 6.07) is 15.2. The molecule has 22 heavy (non-hydrogen) atoms. The molecule has 0 atom stereocenters. The van der Waals surface area contributed by atoms with Crippen LogP contribution in [0.3, 0.4) is 0 Å². The van der Waals surface area contributed by atoms with Gasteiger partial charge in [-0.15, -0.1) is 10.2 Å². The summed E-state index contributed by atoms with van der Waals surface area (Å²) in [5.74, 6) is 0.307. The van der Waals surface area contributed by atoms with Gasteiger partial charge in [0.05, 0.1) is 6.54 Å². The van der Waals surface area contributed by atoms with E-state index in [0.717, 1.165) is 18.4 Å². The maximum Gasteiger partial charge on any atom is 0.204 e. The highest BCUT2D eigenvalue weighted by Crippen LogP contribution is 2.17. The molecule has 5 heteroatoms. The normalized spacial score (nSPS) is 10.8. The van der Waals surface area contributed by atoms with E-state index in [-0.39, 0.29) is 5.82 Å². The first-order valence-corrected chi connectivity index (χ1v) is 7.30. The van der Waals surface area contributed by atoms with Gasteiger partial charge in [0.2, 0.25) is 5.82 Å². The summed E-state index contributed by atoms with van der Waals surface area (Å²) in [4.78, 5) is 1.59. The zero-order valence-electron chi connectivity index (χ0n) is 12.4. The maximum absolute atomic E-state index is 13.3. The highest BCUT2D eigenvalue weighted by Gasteiger charge is 2.07. The van der Waals surface area contributed by atoms with Crippen molar-refractivity contribution in [3.8, 4) is 11.4 Å². The van der Waals surface area contributed by atoms with Crippen LogP contribution in [-0.4, -0.2) is 20.2 Å². The molecule has 0 aliphatic rings. The van der Waals surface area contributed by atoms with Gasteiger partial charge in [0, 0.05) is 5.56 Å². The predicted octanol–water partition coefficient (Wildman–Crippen LogP) is 3.42. The molecule has 0 bridgehead atoms. The summed E-state index contributed by atoms with van der Waals surface area (Å²) in [6.45, 7) is 2.44. The van der Waals surface area contributed by atoms with Gasteiger partial charge in [-0.05, 0) is 54.3 Å². The number of halogens is 1. The Balaban J connectivity index is 1.62. The molecule has 0 saturated carbocycles. The molecule has 0 fully saturated rings. The molecule has 0 aliphatic carbocycles. The highest BCUT2D eigenvalue weighted by atomic mass is 19.1. The second-order valence-electron chi connectivity index (χ2n) is 5.26. The molecule has 0 saturated heterocycles. The van der Waals surface area contributed by atoms with Gasteiger partial charge < -0.3 is 0 Å². The molecule has 0 aliphatic heterocycles. The quantitative estimate of drug-likeness (QED) is 0.724. The molecule has 1 aromatic heterocycles. The van der Waals surface area contributed by atoms with E-state index in [9.17, 15) is 4.39 Å². The van der Waals surface area contributed by atoms with Crippen LogP contribution in [0.2, 0.25) is 0 Å². The molecule has 2 aromatic carbocycles. The van der Waals surface area contributed by atoms with Crippen molar-refractivity contribution >= 4 is 0 Å². The summed E-state index contributed by atoms with van der Waals surface area (Å²) in [5, 5.41) is 12.5. The van der Waals surface area contributed by atoms with Gasteiger partial charge >= 0.3 is 0 Å². The molecule has 3 rings (SSSR count). The van der Waals surface area contributed by atoms with E-state index >= 15 is 0 Å². The van der Waals surface area contributed by atoms with Gasteiger partial charge in [-0.2, -0.15) is 4.80 Å². The van der Waals surface area contributed by atoms with Crippen LogP contribution in [0.25, 0.3) is 11.4 Å². The molecule has 0 N–H and O–H groups in total. The smallest absolute Gasteiger partial charge is 0.204 e. The summed E-state index contributed by atoms with van der Waals surface area (Å²) in [6.07, 6.45) is 1.93. The van der Waals surface area contributed by atoms with Crippen LogP contribution in [-0.2, 0) is 13.0 Å². The number of benzene rings is 2. The van der Waals surface area contributed by atoms with Gasteiger partial charge in [-0.25, -0.2) is 4.39 Å². The van der Waals surface area contributed by atoms with Crippen LogP contribution in [0.4, 0.5) is 4.39 Å². The SMILES string of the molecule is Cc1cc(-c2nnn(CCCc3ccccc3)n2)ccc1F. The first-order valence-electron chi connectivity index (χ1n) is 7.30. The van der Waals surface area contributed by atoms with Crippen molar-refractivity contribution in [2.24, 2.45) is 0 Å². The molecule has 112 valence electrons. The summed E-state index contributed by atoms with van der Waals surface area (Å²) in [5.41, 5.74) is 2.67. The number of hydrogen-bond donors (Lipinski definition) is 0. The Hall–Kier alpha value is -2.56. The maximum atomic E-state index is 13.3. The van der Waals surface area contributed by atoms with Crippen LogP contribution in [0.1, 0.15) is 17.5 Å². The molecule has 0 radical (unpaired) electrons. The van der Waals surface area contributed by atoms with E-state index in [0.29, 0.717) is 17.9 Å². The average Bonchev–Trinajstić information content (AvgIpc) is 3.00. The molecule has 3 aromatic rings. The molecular weight excluding hydrogens is 279 g/mol. The minimum atomic E-state index is -0.223. The van der Waals surface area contributed by atoms with E-state index < -0.39 is 0 Å². The lowest BCUT2D eigenvalue weighted by atomic mass is 10.1. The third kappa shape index (κ3) is 3.36. The van der Waals surface area contributed by atoms with Crippen LogP contribution in [0.15, 0.2) is 48.5 Å². The fourth-order valence-electron chi connectivity index (χ4n) is 2.31. The third-order valence-corrected chi connectivity index (χ3v) is 3.54. The third-order valence-electron chi connectivity index (χ3n) is 3.54. The van der Waals surface area contributed by atoms with E-state index in [1.165, 1.54) is 11.6 Å². The molecular formula is C17H17FN4. The Labute approximate surface area is 128 Å². The Kier molecular flexibility index (Phi) is 4.23. The molecule has 0 unspecified atom stereocenters. The van der Waals surface area contributed by atoms with Gasteiger partial charge in [-0.3, -0.25) is 0 Å². The fourth-order valence-corrected chi connectivity index (χ4v) is 2.31. The average molecular weight is 296 g/mol. The zero-order chi connectivity index (χ0) is 15.4. The number of tetrazole rings is 1. The summed E-state index contributed by atoms with van der Waals surface area (Å²) >= 11 is 0. The van der Waals surface area contributed by atoms with Gasteiger partial charge in [0.25, 0.3) is 0 Å². The molecule has 0 amide bonds. The number of nitrogens with zero attached hydrogens (tertiary/aromatic N) is 4. The Morgan fingerprint density at radius 2 is 1.91 bits per heavy atom. The lowest BCUT2D eigenvalue weighted by molar-refractivity contribution is 0.500. The lowest BCUT2D eigenvalue weighted by Gasteiger charge is -2.00. The lowest BCUT2D eigenvalue weighted by Crippen LogP contribution is -2.03. The number of rotatable bonds is 5. The second kappa shape index (κ2) is 6.47. The number of aromatic nitrogens is 4. The first kappa shape index (κ1) is 14.4. The van der Waals surface area contributed by atoms with E-state index in [4.69, 9.17) is 0 Å². The highest BCUT2D eigenvalue weighted by molar-refractivity contribution is 5.55. The molecule has 0 spiro atoms. The van der Waals surface area contributed by atoms with Gasteiger partial charge in [-0.1, -0.05) is 30.3 Å². The van der Waals surface area contributed by atoms with Crippen molar-refractivity contribution < 1.29 is 4.39 Å². The van der Waals surface area contributed by atoms with Crippen LogP contribution in [0.5, 0.6) is 0 Å². The predicted molar refractivity (Wildman–Crippen MR) is 82.7 cm³/mol. The van der Waals surface area contributed by atoms with Crippen molar-refractivity contribution in [1.82, 2.24) is 20.2 Å². The van der Waals surface area contributed by atoms with E-state index in [2.05, 4.69) is 27.5 Å². The van der Waals surface area contributed by atoms with Gasteiger partial charge in [0.1, 0.15) is 5.82 Å². The number of hydrogen-bond acceptors (Lipinski definition) is 3. The van der Waals surface area contributed by atoms with E-state index in [1.54, 1.807) is 23.9 Å². The van der Waals surface area contributed by atoms with Crippen molar-refractivity contribution in [3.05, 3.63) is 65.5 Å². The fraction of sp³-hybridized carbons (Fsp3) is 0.235. The van der Waals surface area contributed by atoms with Gasteiger partial charge in [0.15, 0.2) is 0 Å². The van der Waals surface area contributed by atoms with E-state index in [1.807, 2.05) is 18.2 Å². The topological polar surface area (TPSA) is 43.6 Å². The van der Waals surface area contributed by atoms with Crippen molar-refractivity contribution in [2.45, 2.75) is 26.3 Å². The Bertz CT molecular complexity index is 752. The number of aryl methyl sites for hydroxylation is 3. The first-order chi connectivity index (χ1) is 10.7. The van der Waals surface area contributed by atoms with Crippen LogP contribution >= 0.6 is 0 Å². The summed E-state index contributed by atoms with van der Waals surface area (Å²) < 4.78 is 13.3. The molecule has 1 heterocycles. The largest absolute Gasteiger partial charge is 0.207 e. The monoisotopic (exact) mass is 296 g/mol. The standard InChI is InChI=1S/C17H17FN4/c1-13-12-15(9-10-16(13)18)17-19-21-22(20-17)11-5-8-14-6-3-2-4-7-14/h2-4,6-7,9-10,12H,5,8,11H2,1H3. The Morgan fingerprint density at radius 1 is 1.09 bits per heavy atom. The van der Waals surface area contributed by atoms with Crippen molar-refractivity contribution in [3.63, 3.8) is 0 Å². The molecule has 4 nitrogen and oxygen atoms in total. The van der Waals surface area contributed by atoms with Crippen LogP contribution < -0.4 is 0 Å². The van der Waals surface area contributed by atoms with Crippen LogP contribution in [0, 0.1) is 12.7 Å². The second-order valence-corrected chi connectivity index (χ2v) is 5.26.